The van der Waals surface area contributed by atoms with Gasteiger partial charge >= 0.3 is 0 Å². The summed E-state index contributed by atoms with van der Waals surface area (Å²) in [5.41, 5.74) is 3.20. The number of fused-ring (bicyclic) bond motifs is 2. The summed E-state index contributed by atoms with van der Waals surface area (Å²) >= 11 is 6.96. The van der Waals surface area contributed by atoms with Crippen LogP contribution in [-0.2, 0) is 12.8 Å². The Labute approximate surface area is 178 Å². The molecule has 6 heteroatoms. The summed E-state index contributed by atoms with van der Waals surface area (Å²) in [6, 6.07) is 9.18. The first kappa shape index (κ1) is 18.1. The van der Waals surface area contributed by atoms with Crippen LogP contribution in [-0.4, -0.2) is 13.4 Å². The van der Waals surface area contributed by atoms with Crippen molar-refractivity contribution in [1.82, 2.24) is 0 Å². The summed E-state index contributed by atoms with van der Waals surface area (Å²) in [6.07, 6.45) is 2.70. The maximum atomic E-state index is 11.2. The monoisotopic (exact) mass is 440 g/mol. The van der Waals surface area contributed by atoms with Crippen molar-refractivity contribution in [3.63, 3.8) is 0 Å². The van der Waals surface area contributed by atoms with Crippen molar-refractivity contribution in [2.24, 2.45) is 0 Å². The van der Waals surface area contributed by atoms with E-state index >= 15 is 0 Å². The van der Waals surface area contributed by atoms with Gasteiger partial charge in [-0.2, -0.15) is 11.3 Å². The van der Waals surface area contributed by atoms with E-state index in [1.165, 1.54) is 35.5 Å². The Balaban J connectivity index is 1.46. The van der Waals surface area contributed by atoms with E-state index in [4.69, 9.17) is 4.74 Å². The fourth-order valence-corrected chi connectivity index (χ4v) is 7.28. The number of thiophene rings is 4. The minimum absolute atomic E-state index is 0.817. The highest BCUT2D eigenvalue weighted by Gasteiger charge is 2.12. The summed E-state index contributed by atoms with van der Waals surface area (Å²) in [6.45, 7) is 0. The van der Waals surface area contributed by atoms with E-state index in [0.717, 1.165) is 36.0 Å². The van der Waals surface area contributed by atoms with Gasteiger partial charge in [0.1, 0.15) is 5.75 Å². The topological polar surface area (TPSA) is 26.3 Å². The van der Waals surface area contributed by atoms with Crippen molar-refractivity contribution in [3.05, 3.63) is 72.2 Å². The summed E-state index contributed by atoms with van der Waals surface area (Å²) in [7, 11) is 1.73. The molecule has 5 rings (SSSR count). The van der Waals surface area contributed by atoms with Crippen LogP contribution in [0.2, 0.25) is 0 Å². The van der Waals surface area contributed by atoms with Crippen LogP contribution >= 0.6 is 45.3 Å². The standard InChI is InChI=1S/C22H16O2S4/c1-24-20-12-26-10-16(20)5-19-3-14-7-21-13(6-22(14)28-19)2-18(27-21)4-15-9-25-11-17(15)8-23/h2-3,6-12H,4-5H2,1H3. The molecule has 1 aromatic carbocycles. The molecule has 0 radical (unpaired) electrons. The fourth-order valence-electron chi connectivity index (χ4n) is 3.43. The lowest BCUT2D eigenvalue weighted by atomic mass is 10.1. The van der Waals surface area contributed by atoms with E-state index in [1.807, 2.05) is 28.1 Å². The van der Waals surface area contributed by atoms with Gasteiger partial charge in [-0.3, -0.25) is 4.79 Å². The number of hydrogen-bond acceptors (Lipinski definition) is 6. The number of ether oxygens (including phenoxy) is 1. The van der Waals surface area contributed by atoms with Crippen molar-refractivity contribution in [1.29, 1.82) is 0 Å². The van der Waals surface area contributed by atoms with Gasteiger partial charge < -0.3 is 4.74 Å². The molecule has 0 saturated carbocycles. The lowest BCUT2D eigenvalue weighted by molar-refractivity contribution is 0.112. The molecule has 0 spiro atoms. The molecule has 0 bridgehead atoms. The minimum atomic E-state index is 0.817. The molecular weight excluding hydrogens is 425 g/mol. The molecule has 28 heavy (non-hydrogen) atoms. The summed E-state index contributed by atoms with van der Waals surface area (Å²) in [4.78, 5) is 13.8. The van der Waals surface area contributed by atoms with Gasteiger partial charge in [0, 0.05) is 53.9 Å². The predicted octanol–water partition coefficient (Wildman–Crippen LogP) is 7.24. The molecule has 0 atom stereocenters. The van der Waals surface area contributed by atoms with Crippen molar-refractivity contribution in [2.45, 2.75) is 12.8 Å². The molecule has 0 aliphatic heterocycles. The second-order valence-electron chi connectivity index (χ2n) is 6.64. The fraction of sp³-hybridized carbons (Fsp3) is 0.136. The first-order valence-electron chi connectivity index (χ1n) is 8.77. The van der Waals surface area contributed by atoms with Gasteiger partial charge in [-0.15, -0.1) is 34.0 Å². The molecular formula is C22H16O2S4. The molecule has 0 aliphatic rings. The van der Waals surface area contributed by atoms with Crippen LogP contribution in [0.15, 0.2) is 45.8 Å². The van der Waals surface area contributed by atoms with E-state index in [2.05, 4.69) is 40.4 Å². The van der Waals surface area contributed by atoms with Crippen LogP contribution in [0.25, 0.3) is 20.2 Å². The van der Waals surface area contributed by atoms with Gasteiger partial charge in [-0.05, 0) is 51.4 Å². The number of methoxy groups -OCH3 is 1. The van der Waals surface area contributed by atoms with Crippen LogP contribution in [0, 0.1) is 0 Å². The van der Waals surface area contributed by atoms with Crippen LogP contribution in [0.1, 0.15) is 31.2 Å². The SMILES string of the molecule is COc1cscc1Cc1cc2cc3sc(Cc4cscc4C=O)cc3cc2s1. The Bertz CT molecular complexity index is 1230. The summed E-state index contributed by atoms with van der Waals surface area (Å²) in [5.74, 6) is 0.983. The Morgan fingerprint density at radius 3 is 2.07 bits per heavy atom. The van der Waals surface area contributed by atoms with Gasteiger partial charge in [0.2, 0.25) is 0 Å². The Hall–Kier alpha value is -1.99. The molecule has 0 fully saturated rings. The van der Waals surface area contributed by atoms with E-state index in [0.29, 0.717) is 0 Å². The highest BCUT2D eigenvalue weighted by atomic mass is 32.1. The van der Waals surface area contributed by atoms with E-state index < -0.39 is 0 Å². The quantitative estimate of drug-likeness (QED) is 0.260. The summed E-state index contributed by atoms with van der Waals surface area (Å²) < 4.78 is 8.08. The molecule has 0 aliphatic carbocycles. The molecule has 0 unspecified atom stereocenters. The number of carbonyl (C=O) groups is 1. The lowest BCUT2D eigenvalue weighted by Crippen LogP contribution is -1.87. The molecule has 0 saturated heterocycles. The third kappa shape index (κ3) is 3.31. The van der Waals surface area contributed by atoms with Gasteiger partial charge in [0.25, 0.3) is 0 Å². The van der Waals surface area contributed by atoms with Crippen molar-refractivity contribution < 1.29 is 9.53 Å². The van der Waals surface area contributed by atoms with Crippen LogP contribution < -0.4 is 4.74 Å². The molecule has 4 heterocycles. The van der Waals surface area contributed by atoms with E-state index in [-0.39, 0.29) is 0 Å². The van der Waals surface area contributed by atoms with Gasteiger partial charge in [0.15, 0.2) is 6.29 Å². The number of hydrogen-bond donors (Lipinski definition) is 0. The average Bonchev–Trinajstić information content (AvgIpc) is 3.45. The second-order valence-corrected chi connectivity index (χ2v) is 10.5. The molecule has 140 valence electrons. The maximum absolute atomic E-state index is 11.2. The predicted molar refractivity (Wildman–Crippen MR) is 123 cm³/mol. The Morgan fingerprint density at radius 2 is 1.43 bits per heavy atom. The molecule has 5 aromatic rings. The number of carbonyl (C=O) groups excluding carboxylic acids is 1. The van der Waals surface area contributed by atoms with Gasteiger partial charge in [-0.25, -0.2) is 0 Å². The van der Waals surface area contributed by atoms with Gasteiger partial charge in [-0.1, -0.05) is 0 Å². The minimum Gasteiger partial charge on any atom is -0.496 e. The lowest BCUT2D eigenvalue weighted by Gasteiger charge is -2.00. The second kappa shape index (κ2) is 7.44. The van der Waals surface area contributed by atoms with Crippen LogP contribution in [0.5, 0.6) is 5.75 Å². The average molecular weight is 441 g/mol. The zero-order chi connectivity index (χ0) is 19.1. The van der Waals surface area contributed by atoms with Gasteiger partial charge in [0.05, 0.1) is 7.11 Å². The molecule has 0 amide bonds. The largest absolute Gasteiger partial charge is 0.496 e. The van der Waals surface area contributed by atoms with E-state index in [9.17, 15) is 4.79 Å². The zero-order valence-electron chi connectivity index (χ0n) is 15.1. The Morgan fingerprint density at radius 1 is 0.821 bits per heavy atom. The number of rotatable bonds is 6. The molecule has 2 nitrogen and oxygen atoms in total. The molecule has 0 N–H and O–H groups in total. The highest BCUT2D eigenvalue weighted by molar-refractivity contribution is 7.20. The third-order valence-electron chi connectivity index (χ3n) is 4.81. The normalized spacial score (nSPS) is 11.5. The van der Waals surface area contributed by atoms with Crippen molar-refractivity contribution in [3.8, 4) is 5.75 Å². The van der Waals surface area contributed by atoms with Crippen molar-refractivity contribution >= 4 is 71.8 Å². The zero-order valence-corrected chi connectivity index (χ0v) is 18.3. The van der Waals surface area contributed by atoms with Crippen molar-refractivity contribution in [2.75, 3.05) is 7.11 Å². The van der Waals surface area contributed by atoms with E-state index in [1.54, 1.807) is 29.8 Å². The Kier molecular flexibility index (Phi) is 4.80. The first-order valence-corrected chi connectivity index (χ1v) is 12.3. The van der Waals surface area contributed by atoms with Crippen LogP contribution in [0.3, 0.4) is 0 Å². The maximum Gasteiger partial charge on any atom is 0.151 e. The summed E-state index contributed by atoms with van der Waals surface area (Å²) in [5, 5.41) is 10.8. The third-order valence-corrected chi connectivity index (χ3v) is 8.59. The first-order chi connectivity index (χ1) is 13.7. The van der Waals surface area contributed by atoms with Crippen LogP contribution in [0.4, 0.5) is 0 Å². The number of aldehydes is 1. The smallest absolute Gasteiger partial charge is 0.151 e. The molecule has 4 aromatic heterocycles. The number of benzene rings is 1. The highest BCUT2D eigenvalue weighted by Crippen LogP contribution is 2.37.